The summed E-state index contributed by atoms with van der Waals surface area (Å²) in [4.78, 5) is 28.2. The zero-order chi connectivity index (χ0) is 22.0. The summed E-state index contributed by atoms with van der Waals surface area (Å²) >= 11 is 7.23. The van der Waals surface area contributed by atoms with Gasteiger partial charge in [-0.1, -0.05) is 17.7 Å². The Morgan fingerprint density at radius 1 is 1.19 bits per heavy atom. The van der Waals surface area contributed by atoms with E-state index in [1.807, 2.05) is 0 Å². The Labute approximate surface area is 186 Å². The number of furan rings is 1. The van der Waals surface area contributed by atoms with Crippen molar-refractivity contribution in [1.82, 2.24) is 5.32 Å². The smallest absolute Gasteiger partial charge is 0.337 e. The molecule has 0 atom stereocenters. The fourth-order valence-electron chi connectivity index (χ4n) is 2.81. The molecule has 1 amide bonds. The Morgan fingerprint density at radius 3 is 2.65 bits per heavy atom. The van der Waals surface area contributed by atoms with Crippen molar-refractivity contribution in [3.8, 4) is 17.1 Å². The number of aromatic carboxylic acids is 1. The third-order valence-corrected chi connectivity index (χ3v) is 5.56. The van der Waals surface area contributed by atoms with E-state index in [2.05, 4.69) is 10.3 Å². The Bertz CT molecular complexity index is 1230. The molecule has 0 spiro atoms. The van der Waals surface area contributed by atoms with Crippen LogP contribution in [0.5, 0.6) is 5.75 Å². The Morgan fingerprint density at radius 2 is 1.97 bits per heavy atom. The molecule has 0 radical (unpaired) electrons. The maximum absolute atomic E-state index is 12.3. The van der Waals surface area contributed by atoms with Gasteiger partial charge in [-0.15, -0.1) is 0 Å². The first-order chi connectivity index (χ1) is 14.9. The van der Waals surface area contributed by atoms with E-state index in [-0.39, 0.29) is 16.5 Å². The van der Waals surface area contributed by atoms with Crippen LogP contribution in [0.2, 0.25) is 5.02 Å². The van der Waals surface area contributed by atoms with Crippen LogP contribution in [-0.4, -0.2) is 29.3 Å². The predicted molar refractivity (Wildman–Crippen MR) is 120 cm³/mol. The largest absolute Gasteiger partial charge is 0.497 e. The number of nitrogens with one attached hydrogen (secondary N) is 1. The number of amidine groups is 1. The number of hydrogen-bond acceptors (Lipinski definition) is 6. The molecule has 31 heavy (non-hydrogen) atoms. The van der Waals surface area contributed by atoms with E-state index in [0.29, 0.717) is 32.8 Å². The highest BCUT2D eigenvalue weighted by atomic mass is 35.5. The number of carboxylic acid groups (broad SMARTS) is 1. The van der Waals surface area contributed by atoms with Crippen LogP contribution in [0, 0.1) is 0 Å². The number of aliphatic imine (C=N–C) groups is 1. The Hall–Kier alpha value is -3.49. The maximum Gasteiger partial charge on any atom is 0.337 e. The second-order valence-corrected chi connectivity index (χ2v) is 7.82. The lowest BCUT2D eigenvalue weighted by Crippen LogP contribution is -2.19. The van der Waals surface area contributed by atoms with Crippen molar-refractivity contribution in [3.05, 3.63) is 75.8 Å². The summed E-state index contributed by atoms with van der Waals surface area (Å²) in [5.41, 5.74) is 1.33. The van der Waals surface area contributed by atoms with Gasteiger partial charge in [-0.25, -0.2) is 9.79 Å². The number of nitrogens with zero attached hydrogens (tertiary/aromatic N) is 1. The van der Waals surface area contributed by atoms with Crippen molar-refractivity contribution in [1.29, 1.82) is 0 Å². The molecule has 1 aromatic heterocycles. The molecule has 3 aromatic rings. The average Bonchev–Trinajstić information content (AvgIpc) is 3.35. The Kier molecular flexibility index (Phi) is 5.83. The number of benzene rings is 2. The van der Waals surface area contributed by atoms with Crippen molar-refractivity contribution in [3.63, 3.8) is 0 Å². The van der Waals surface area contributed by atoms with Gasteiger partial charge in [0.1, 0.15) is 17.3 Å². The summed E-state index contributed by atoms with van der Waals surface area (Å²) in [6.45, 7) is 0. The summed E-state index contributed by atoms with van der Waals surface area (Å²) in [7, 11) is 1.59. The molecule has 0 unspecified atom stereocenters. The average molecular weight is 455 g/mol. The zero-order valence-corrected chi connectivity index (χ0v) is 17.7. The number of ether oxygens (including phenoxy) is 1. The number of carbonyl (C=O) groups excluding carboxylic acids is 1. The molecule has 2 aromatic carbocycles. The van der Waals surface area contributed by atoms with E-state index in [1.54, 1.807) is 55.7 Å². The van der Waals surface area contributed by atoms with Crippen LogP contribution in [0.15, 0.2) is 68.9 Å². The topological polar surface area (TPSA) is 101 Å². The first kappa shape index (κ1) is 20.8. The van der Waals surface area contributed by atoms with Gasteiger partial charge in [0, 0.05) is 11.6 Å². The van der Waals surface area contributed by atoms with Gasteiger partial charge in [-0.2, -0.15) is 0 Å². The zero-order valence-electron chi connectivity index (χ0n) is 16.1. The van der Waals surface area contributed by atoms with Crippen LogP contribution >= 0.6 is 23.4 Å². The second kappa shape index (κ2) is 8.71. The van der Waals surface area contributed by atoms with E-state index < -0.39 is 5.97 Å². The number of halogens is 1. The molecule has 9 heteroatoms. The van der Waals surface area contributed by atoms with Crippen LogP contribution in [0.3, 0.4) is 0 Å². The van der Waals surface area contributed by atoms with Crippen molar-refractivity contribution >= 4 is 52.2 Å². The molecule has 2 N–H and O–H groups in total. The second-order valence-electron chi connectivity index (χ2n) is 6.38. The van der Waals surface area contributed by atoms with Gasteiger partial charge in [0.25, 0.3) is 5.91 Å². The number of rotatable bonds is 5. The van der Waals surface area contributed by atoms with Crippen molar-refractivity contribution in [2.75, 3.05) is 7.11 Å². The lowest BCUT2D eigenvalue weighted by atomic mass is 10.1. The lowest BCUT2D eigenvalue weighted by Gasteiger charge is -2.01. The number of methoxy groups -OCH3 is 1. The number of carboxylic acids is 1. The van der Waals surface area contributed by atoms with E-state index in [0.717, 1.165) is 5.75 Å². The van der Waals surface area contributed by atoms with E-state index in [4.69, 9.17) is 25.9 Å². The summed E-state index contributed by atoms with van der Waals surface area (Å²) in [6, 6.07) is 15.2. The summed E-state index contributed by atoms with van der Waals surface area (Å²) in [5, 5.41) is 12.4. The molecule has 1 saturated heterocycles. The monoisotopic (exact) mass is 454 g/mol. The van der Waals surface area contributed by atoms with Crippen molar-refractivity contribution in [2.24, 2.45) is 4.99 Å². The molecule has 1 aliphatic heterocycles. The standard InChI is InChI=1S/C22H15ClN2O5S/c1-29-14-5-3-13(4-6-14)24-22-25-20(26)19(31-22)11-15-7-9-18(30-15)12-2-8-16(21(27)28)17(23)10-12/h2-11H,1H3,(H,27,28)(H,24,25,26)/b19-11-. The highest BCUT2D eigenvalue weighted by Crippen LogP contribution is 2.31. The van der Waals surface area contributed by atoms with Crippen LogP contribution in [-0.2, 0) is 4.79 Å². The fraction of sp³-hybridized carbons (Fsp3) is 0.0455. The summed E-state index contributed by atoms with van der Waals surface area (Å²) in [6.07, 6.45) is 1.62. The minimum atomic E-state index is -1.10. The first-order valence-corrected chi connectivity index (χ1v) is 10.2. The minimum Gasteiger partial charge on any atom is -0.497 e. The number of amides is 1. The van der Waals surface area contributed by atoms with E-state index in [1.165, 1.54) is 23.9 Å². The van der Waals surface area contributed by atoms with E-state index >= 15 is 0 Å². The minimum absolute atomic E-state index is 0.0158. The van der Waals surface area contributed by atoms with Gasteiger partial charge in [0.05, 0.1) is 28.3 Å². The highest BCUT2D eigenvalue weighted by Gasteiger charge is 2.24. The van der Waals surface area contributed by atoms with Gasteiger partial charge in [-0.3, -0.25) is 4.79 Å². The lowest BCUT2D eigenvalue weighted by molar-refractivity contribution is -0.115. The fourth-order valence-corrected chi connectivity index (χ4v) is 3.89. The maximum atomic E-state index is 12.3. The molecular weight excluding hydrogens is 440 g/mol. The normalized spacial score (nSPS) is 16.0. The summed E-state index contributed by atoms with van der Waals surface area (Å²) < 4.78 is 10.9. The van der Waals surface area contributed by atoms with E-state index in [9.17, 15) is 9.59 Å². The number of carbonyl (C=O) groups is 2. The Balaban J connectivity index is 1.52. The molecule has 0 bridgehead atoms. The number of thioether (sulfide) groups is 1. The molecule has 7 nitrogen and oxygen atoms in total. The first-order valence-electron chi connectivity index (χ1n) is 8.99. The van der Waals surface area contributed by atoms with Gasteiger partial charge < -0.3 is 19.6 Å². The van der Waals surface area contributed by atoms with Crippen molar-refractivity contribution < 1.29 is 23.8 Å². The predicted octanol–water partition coefficient (Wildman–Crippen LogP) is 5.20. The molecule has 1 fully saturated rings. The molecular formula is C22H15ClN2O5S. The molecule has 0 saturated carbocycles. The van der Waals surface area contributed by atoms with Crippen LogP contribution in [0.1, 0.15) is 16.1 Å². The van der Waals surface area contributed by atoms with Crippen LogP contribution < -0.4 is 10.1 Å². The van der Waals surface area contributed by atoms with Crippen LogP contribution in [0.4, 0.5) is 5.69 Å². The molecule has 2 heterocycles. The molecule has 0 aliphatic carbocycles. The molecule has 156 valence electrons. The van der Waals surface area contributed by atoms with Gasteiger partial charge >= 0.3 is 5.97 Å². The quantitative estimate of drug-likeness (QED) is 0.514. The molecule has 1 aliphatic rings. The van der Waals surface area contributed by atoms with Gasteiger partial charge in [0.2, 0.25) is 0 Å². The van der Waals surface area contributed by atoms with Gasteiger partial charge in [-0.05, 0) is 60.3 Å². The third-order valence-electron chi connectivity index (χ3n) is 4.34. The number of hydrogen-bond donors (Lipinski definition) is 2. The highest BCUT2D eigenvalue weighted by molar-refractivity contribution is 8.18. The molecule has 4 rings (SSSR count). The third kappa shape index (κ3) is 4.65. The van der Waals surface area contributed by atoms with Crippen molar-refractivity contribution in [2.45, 2.75) is 0 Å². The SMILES string of the molecule is COc1ccc(N=C2NC(=O)/C(=C/c3ccc(-c4ccc(C(=O)O)c(Cl)c4)o3)S2)cc1. The van der Waals surface area contributed by atoms with Gasteiger partial charge in [0.15, 0.2) is 5.17 Å². The van der Waals surface area contributed by atoms with Crippen LogP contribution in [0.25, 0.3) is 17.4 Å². The summed E-state index contributed by atoms with van der Waals surface area (Å²) in [5.74, 6) is 0.319.